The van der Waals surface area contributed by atoms with Gasteiger partial charge in [0.15, 0.2) is 0 Å². The van der Waals surface area contributed by atoms with Crippen LogP contribution in [0.15, 0.2) is 0 Å². The molecule has 2 fully saturated rings. The van der Waals surface area contributed by atoms with Crippen LogP contribution in [0.25, 0.3) is 0 Å². The number of amides is 2. The summed E-state index contributed by atoms with van der Waals surface area (Å²) in [5.41, 5.74) is 0. The van der Waals surface area contributed by atoms with E-state index in [0.717, 1.165) is 25.7 Å². The zero-order valence-corrected chi connectivity index (χ0v) is 14.9. The van der Waals surface area contributed by atoms with Crippen molar-refractivity contribution in [2.24, 2.45) is 5.92 Å². The Kier molecular flexibility index (Phi) is 12.8. The largest absolute Gasteiger partial charge is 0.468 e. The molecule has 0 radical (unpaired) electrons. The van der Waals surface area contributed by atoms with Gasteiger partial charge >= 0.3 is 5.97 Å². The summed E-state index contributed by atoms with van der Waals surface area (Å²) >= 11 is 0. The molecule has 0 unspecified atom stereocenters. The van der Waals surface area contributed by atoms with Crippen molar-refractivity contribution in [1.82, 2.24) is 10.6 Å². The zero-order chi connectivity index (χ0) is 16.2. The normalized spacial score (nSPS) is 16.6. The quantitative estimate of drug-likeness (QED) is 0.569. The molecule has 2 aliphatic rings. The van der Waals surface area contributed by atoms with Crippen LogP contribution in [0.5, 0.6) is 0 Å². The fourth-order valence-electron chi connectivity index (χ4n) is 2.69. The number of esters is 1. The maximum absolute atomic E-state index is 11.6. The number of hydrogen-bond donors (Lipinski definition) is 2. The summed E-state index contributed by atoms with van der Waals surface area (Å²) in [4.78, 5) is 33.5. The van der Waals surface area contributed by atoms with Crippen LogP contribution in [0, 0.1) is 5.92 Å². The monoisotopic (exact) mass is 368 g/mol. The first-order valence-electron chi connectivity index (χ1n) is 8.24. The van der Waals surface area contributed by atoms with Crippen LogP contribution < -0.4 is 10.6 Å². The molecular weight excluding hydrogens is 340 g/mol. The van der Waals surface area contributed by atoms with Crippen LogP contribution >= 0.6 is 0 Å². The summed E-state index contributed by atoms with van der Waals surface area (Å²) in [5.74, 6) is -0.929. The molecule has 0 saturated heterocycles. The molecule has 0 atom stereocenters. The number of methoxy groups -OCH3 is 1. The van der Waals surface area contributed by atoms with E-state index in [4.69, 9.17) is 0 Å². The summed E-state index contributed by atoms with van der Waals surface area (Å²) < 4.78 is 4.37. The Morgan fingerprint density at radius 3 is 1.87 bits per heavy atom. The van der Waals surface area contributed by atoms with Gasteiger partial charge in [-0.3, -0.25) is 14.4 Å². The summed E-state index contributed by atoms with van der Waals surface area (Å²) in [7, 11) is 1.25. The van der Waals surface area contributed by atoms with Crippen LogP contribution in [0.4, 0.5) is 0 Å². The topological polar surface area (TPSA) is 84.5 Å². The van der Waals surface area contributed by atoms with Crippen molar-refractivity contribution in [2.45, 2.75) is 57.8 Å². The first-order chi connectivity index (χ1) is 10.6. The number of carbonyl (C=O) groups excluding carboxylic acids is 3. The Morgan fingerprint density at radius 2 is 1.39 bits per heavy atom. The second kappa shape index (κ2) is 13.4. The van der Waals surface area contributed by atoms with Gasteiger partial charge in [0.25, 0.3) is 0 Å². The molecule has 2 amide bonds. The Labute approximate surface area is 149 Å². The first-order valence-corrected chi connectivity index (χ1v) is 8.24. The molecule has 0 spiro atoms. The predicted molar refractivity (Wildman–Crippen MR) is 83.1 cm³/mol. The van der Waals surface area contributed by atoms with Gasteiger partial charge in [-0.1, -0.05) is 44.9 Å². The Balaban J connectivity index is 0.000000684. The number of ether oxygens (including phenoxy) is 1. The van der Waals surface area contributed by atoms with Gasteiger partial charge in [0, 0.05) is 23.0 Å². The predicted octanol–water partition coefficient (Wildman–Crippen LogP) is 1.53. The molecule has 0 bridgehead atoms. The van der Waals surface area contributed by atoms with Gasteiger partial charge in [0.2, 0.25) is 11.8 Å². The molecule has 0 aromatic carbocycles. The van der Waals surface area contributed by atoms with Gasteiger partial charge in [-0.05, 0) is 12.8 Å². The van der Waals surface area contributed by atoms with E-state index in [1.54, 1.807) is 0 Å². The SMILES string of the molecule is C1CCCC1.COC(=O)CNC(=O)CNC(=O)C1CCCC1.[Fe]. The molecule has 7 heteroatoms. The Bertz CT molecular complexity index is 359. The molecule has 23 heavy (non-hydrogen) atoms. The van der Waals surface area contributed by atoms with Gasteiger partial charge in [-0.15, -0.1) is 0 Å². The third-order valence-corrected chi connectivity index (χ3v) is 4.06. The summed E-state index contributed by atoms with van der Waals surface area (Å²) in [6, 6.07) is 0. The maximum Gasteiger partial charge on any atom is 0.325 e. The fourth-order valence-corrected chi connectivity index (χ4v) is 2.69. The minimum absolute atomic E-state index is 0. The van der Waals surface area contributed by atoms with Gasteiger partial charge in [0.05, 0.1) is 13.7 Å². The summed E-state index contributed by atoms with van der Waals surface area (Å²) in [6.07, 6.45) is 11.4. The van der Waals surface area contributed by atoms with E-state index >= 15 is 0 Å². The molecule has 0 aromatic rings. The molecule has 0 heterocycles. The van der Waals surface area contributed by atoms with Crippen LogP contribution in [-0.4, -0.2) is 38.0 Å². The molecular formula is C16H28FeN2O4. The average Bonchev–Trinajstić information content (AvgIpc) is 3.25. The van der Waals surface area contributed by atoms with E-state index in [-0.39, 0.29) is 47.9 Å². The molecule has 0 aliphatic heterocycles. The summed E-state index contributed by atoms with van der Waals surface area (Å²) in [5, 5.41) is 4.91. The van der Waals surface area contributed by atoms with Gasteiger partial charge in [0.1, 0.15) is 6.54 Å². The van der Waals surface area contributed by atoms with Crippen molar-refractivity contribution >= 4 is 17.8 Å². The number of carbonyl (C=O) groups is 3. The van der Waals surface area contributed by atoms with E-state index in [1.165, 1.54) is 39.2 Å². The molecule has 2 N–H and O–H groups in total. The van der Waals surface area contributed by atoms with Crippen molar-refractivity contribution in [3.05, 3.63) is 0 Å². The van der Waals surface area contributed by atoms with E-state index in [1.807, 2.05) is 0 Å². The molecule has 2 aliphatic carbocycles. The van der Waals surface area contributed by atoms with Crippen LogP contribution in [0.3, 0.4) is 0 Å². The number of rotatable bonds is 5. The standard InChI is InChI=1S/C11H18N2O4.C5H10.Fe/c1-17-10(15)7-12-9(14)6-13-11(16)8-4-2-3-5-8;1-2-4-5-3-1;/h8H,2-7H2,1H3,(H,12,14)(H,13,16);1-5H2;. The second-order valence-electron chi connectivity index (χ2n) is 5.82. The Morgan fingerprint density at radius 1 is 0.870 bits per heavy atom. The van der Waals surface area contributed by atoms with E-state index in [0.29, 0.717) is 0 Å². The van der Waals surface area contributed by atoms with Crippen molar-refractivity contribution in [1.29, 1.82) is 0 Å². The molecule has 2 rings (SSSR count). The van der Waals surface area contributed by atoms with E-state index < -0.39 is 5.97 Å². The average molecular weight is 368 g/mol. The minimum Gasteiger partial charge on any atom is -0.468 e. The van der Waals surface area contributed by atoms with Gasteiger partial charge in [-0.25, -0.2) is 0 Å². The van der Waals surface area contributed by atoms with Gasteiger partial charge in [-0.2, -0.15) is 0 Å². The van der Waals surface area contributed by atoms with Crippen LogP contribution in [0.2, 0.25) is 0 Å². The van der Waals surface area contributed by atoms with Crippen LogP contribution in [0.1, 0.15) is 57.8 Å². The Hall–Kier alpha value is -1.07. The minimum atomic E-state index is -0.513. The third-order valence-electron chi connectivity index (χ3n) is 4.06. The molecule has 6 nitrogen and oxygen atoms in total. The van der Waals surface area contributed by atoms with Crippen molar-refractivity contribution < 1.29 is 36.2 Å². The van der Waals surface area contributed by atoms with Crippen molar-refractivity contribution in [3.63, 3.8) is 0 Å². The second-order valence-corrected chi connectivity index (χ2v) is 5.82. The fraction of sp³-hybridized carbons (Fsp3) is 0.812. The third kappa shape index (κ3) is 10.3. The number of nitrogens with one attached hydrogen (secondary N) is 2. The molecule has 134 valence electrons. The number of hydrogen-bond acceptors (Lipinski definition) is 4. The van der Waals surface area contributed by atoms with Crippen LogP contribution in [-0.2, 0) is 36.2 Å². The molecule has 2 saturated carbocycles. The van der Waals surface area contributed by atoms with E-state index in [9.17, 15) is 14.4 Å². The molecule has 0 aromatic heterocycles. The smallest absolute Gasteiger partial charge is 0.325 e. The summed E-state index contributed by atoms with van der Waals surface area (Å²) in [6.45, 7) is -0.263. The first kappa shape index (κ1) is 21.9. The maximum atomic E-state index is 11.6. The van der Waals surface area contributed by atoms with Crippen molar-refractivity contribution in [2.75, 3.05) is 20.2 Å². The van der Waals surface area contributed by atoms with Crippen molar-refractivity contribution in [3.8, 4) is 0 Å². The van der Waals surface area contributed by atoms with Gasteiger partial charge < -0.3 is 15.4 Å². The zero-order valence-electron chi connectivity index (χ0n) is 13.8. The van der Waals surface area contributed by atoms with E-state index in [2.05, 4.69) is 15.4 Å².